The summed E-state index contributed by atoms with van der Waals surface area (Å²) in [6.45, 7) is 2.01. The minimum absolute atomic E-state index is 0.0148. The van der Waals surface area contributed by atoms with Gasteiger partial charge in [0.1, 0.15) is 0 Å². The quantitative estimate of drug-likeness (QED) is 0.554. The Kier molecular flexibility index (Phi) is 7.77. The van der Waals surface area contributed by atoms with E-state index in [4.69, 9.17) is 0 Å². The number of carbonyl (C=O) groups excluding carboxylic acids is 1. The van der Waals surface area contributed by atoms with Gasteiger partial charge in [0.15, 0.2) is 5.75 Å². The van der Waals surface area contributed by atoms with Gasteiger partial charge in [-0.05, 0) is 54.3 Å². The van der Waals surface area contributed by atoms with Crippen molar-refractivity contribution in [3.05, 3.63) is 65.2 Å². The summed E-state index contributed by atoms with van der Waals surface area (Å²) in [6.07, 6.45) is 1.35. The summed E-state index contributed by atoms with van der Waals surface area (Å²) < 4.78 is 38.3. The Labute approximate surface area is 186 Å². The van der Waals surface area contributed by atoms with Gasteiger partial charge in [-0.25, -0.2) is 13.1 Å². The fraction of sp³-hybridized carbons (Fsp3) is 0.409. The average Bonchev–Trinajstić information content (AvgIpc) is 3.06. The van der Waals surface area contributed by atoms with E-state index in [-0.39, 0.29) is 17.4 Å². The molecule has 0 bridgehead atoms. The molecule has 7 nitrogen and oxygen atoms in total. The Balaban J connectivity index is 1.80. The van der Waals surface area contributed by atoms with E-state index in [0.717, 1.165) is 23.1 Å². The van der Waals surface area contributed by atoms with Gasteiger partial charge in [0.2, 0.25) is 15.4 Å². The van der Waals surface area contributed by atoms with Gasteiger partial charge in [0.05, 0.1) is 11.9 Å². The van der Waals surface area contributed by atoms with Crippen molar-refractivity contribution in [2.75, 3.05) is 23.5 Å². The Hall–Kier alpha value is -1.91. The van der Waals surface area contributed by atoms with Crippen LogP contribution < -0.4 is 9.62 Å². The summed E-state index contributed by atoms with van der Waals surface area (Å²) in [7, 11) is -1.90. The zero-order valence-electron chi connectivity index (χ0n) is 17.7. The summed E-state index contributed by atoms with van der Waals surface area (Å²) in [4.78, 5) is 14.2. The van der Waals surface area contributed by atoms with E-state index < -0.39 is 32.7 Å². The van der Waals surface area contributed by atoms with Crippen molar-refractivity contribution in [1.82, 2.24) is 4.72 Å². The van der Waals surface area contributed by atoms with Crippen LogP contribution in [0.1, 0.15) is 47.9 Å². The van der Waals surface area contributed by atoms with E-state index in [2.05, 4.69) is 4.72 Å². The van der Waals surface area contributed by atoms with Crippen LogP contribution in [0.25, 0.3) is 0 Å². The normalized spacial score (nSPS) is 20.3. The molecule has 1 aliphatic rings. The highest BCUT2D eigenvalue weighted by Crippen LogP contribution is 2.38. The minimum atomic E-state index is -3.29. The van der Waals surface area contributed by atoms with Crippen molar-refractivity contribution in [3.8, 4) is 0 Å². The van der Waals surface area contributed by atoms with Gasteiger partial charge < -0.3 is 9.66 Å². The molecule has 0 aromatic heterocycles. The lowest BCUT2D eigenvalue weighted by Crippen LogP contribution is -2.29. The van der Waals surface area contributed by atoms with E-state index in [1.54, 1.807) is 41.3 Å². The lowest BCUT2D eigenvalue weighted by molar-refractivity contribution is -0.115. The lowest BCUT2D eigenvalue weighted by Gasteiger charge is -2.24. The van der Waals surface area contributed by atoms with E-state index in [0.29, 0.717) is 18.5 Å². The highest BCUT2D eigenvalue weighted by Gasteiger charge is 2.44. The fourth-order valence-electron chi connectivity index (χ4n) is 3.60. The topological polar surface area (TPSA) is 110 Å². The molecule has 2 aromatic rings. The molecule has 31 heavy (non-hydrogen) atoms. The van der Waals surface area contributed by atoms with E-state index in [1.807, 2.05) is 19.1 Å². The van der Waals surface area contributed by atoms with E-state index in [1.165, 1.54) is 7.05 Å². The number of nitrogens with one attached hydrogen (secondary N) is 1. The number of hydrogen-bond donors (Lipinski definition) is 2. The first-order valence-electron chi connectivity index (χ1n) is 10.2. The Bertz CT molecular complexity index is 994. The molecule has 1 heterocycles. The molecule has 3 rings (SSSR count). The molecular weight excluding hydrogens is 436 g/mol. The second-order valence-corrected chi connectivity index (χ2v) is 11.1. The maximum absolute atomic E-state index is 12.7. The molecule has 1 amide bonds. The second kappa shape index (κ2) is 10.1. The SMILES string of the molecule is CCCC(O)c1ccc(N2C(=O)C[S+]([O-])C2c2ccc(CCS(=O)(=O)NC)cc2)cc1. The zero-order chi connectivity index (χ0) is 22.6. The molecule has 2 N–H and O–H groups in total. The van der Waals surface area contributed by atoms with Crippen molar-refractivity contribution in [2.45, 2.75) is 37.7 Å². The number of hydrogen-bond acceptors (Lipinski definition) is 5. The predicted molar refractivity (Wildman–Crippen MR) is 123 cm³/mol. The van der Waals surface area contributed by atoms with Crippen molar-refractivity contribution >= 4 is 32.8 Å². The molecule has 168 valence electrons. The molecule has 1 saturated heterocycles. The predicted octanol–water partition coefficient (Wildman–Crippen LogP) is 2.41. The number of nitrogens with zero attached hydrogens (tertiary/aromatic N) is 1. The number of aryl methyl sites for hydroxylation is 1. The summed E-state index contributed by atoms with van der Waals surface area (Å²) in [6, 6.07) is 14.4. The Morgan fingerprint density at radius 3 is 2.42 bits per heavy atom. The van der Waals surface area contributed by atoms with Gasteiger partial charge in [-0.2, -0.15) is 0 Å². The fourth-order valence-corrected chi connectivity index (χ4v) is 5.78. The Morgan fingerprint density at radius 2 is 1.84 bits per heavy atom. The van der Waals surface area contributed by atoms with Gasteiger partial charge in [-0.15, -0.1) is 0 Å². The standard InChI is InChI=1S/C22H28N2O5S2/c1-3-4-20(25)17-9-11-19(12-10-17)24-21(26)15-30(27)22(24)18-7-5-16(6-8-18)13-14-31(28,29)23-2/h5-12,20,22-23,25H,3-4,13-15H2,1-2H3. The molecule has 0 spiro atoms. The van der Waals surface area contributed by atoms with E-state index in [9.17, 15) is 22.9 Å². The number of amides is 1. The summed E-state index contributed by atoms with van der Waals surface area (Å²) in [5.41, 5.74) is 3.01. The van der Waals surface area contributed by atoms with Crippen LogP contribution in [0.15, 0.2) is 48.5 Å². The molecule has 3 unspecified atom stereocenters. The number of rotatable bonds is 9. The number of benzene rings is 2. The van der Waals surface area contributed by atoms with Crippen molar-refractivity contribution in [1.29, 1.82) is 0 Å². The van der Waals surface area contributed by atoms with Crippen LogP contribution in [0, 0.1) is 0 Å². The number of aliphatic hydroxyl groups excluding tert-OH is 1. The third kappa shape index (κ3) is 5.67. The second-order valence-electron chi connectivity index (χ2n) is 7.55. The average molecular weight is 465 g/mol. The van der Waals surface area contributed by atoms with E-state index >= 15 is 0 Å². The molecule has 1 fully saturated rings. The van der Waals surface area contributed by atoms with Crippen LogP contribution in [-0.2, 0) is 32.4 Å². The van der Waals surface area contributed by atoms with Gasteiger partial charge >= 0.3 is 0 Å². The highest BCUT2D eigenvalue weighted by molar-refractivity contribution is 7.93. The first kappa shape index (κ1) is 23.7. The van der Waals surface area contributed by atoms with Gasteiger partial charge in [-0.3, -0.25) is 9.69 Å². The first-order chi connectivity index (χ1) is 14.8. The molecule has 2 aromatic carbocycles. The number of carbonyl (C=O) groups is 1. The van der Waals surface area contributed by atoms with Gasteiger partial charge in [0.25, 0.3) is 5.91 Å². The van der Waals surface area contributed by atoms with Crippen LogP contribution in [0.5, 0.6) is 0 Å². The van der Waals surface area contributed by atoms with Crippen LogP contribution in [0.3, 0.4) is 0 Å². The summed E-state index contributed by atoms with van der Waals surface area (Å²) in [5, 5.41) is 9.56. The number of aliphatic hydroxyl groups is 1. The molecule has 0 saturated carbocycles. The molecular formula is C22H28N2O5S2. The summed E-state index contributed by atoms with van der Waals surface area (Å²) >= 11 is -1.39. The summed E-state index contributed by atoms with van der Waals surface area (Å²) in [5.74, 6) is -0.277. The van der Waals surface area contributed by atoms with Crippen molar-refractivity contribution in [3.63, 3.8) is 0 Å². The molecule has 3 atom stereocenters. The molecule has 0 aliphatic carbocycles. The van der Waals surface area contributed by atoms with Gasteiger partial charge in [0, 0.05) is 11.3 Å². The van der Waals surface area contributed by atoms with Crippen LogP contribution in [-0.4, -0.2) is 42.5 Å². The minimum Gasteiger partial charge on any atom is -0.614 e. The third-order valence-corrected chi connectivity index (χ3v) is 8.25. The largest absolute Gasteiger partial charge is 0.614 e. The third-order valence-electron chi connectivity index (χ3n) is 5.37. The monoisotopic (exact) mass is 464 g/mol. The molecule has 1 aliphatic heterocycles. The van der Waals surface area contributed by atoms with Crippen molar-refractivity contribution < 1.29 is 22.9 Å². The first-order valence-corrected chi connectivity index (χ1v) is 13.3. The smallest absolute Gasteiger partial charge is 0.281 e. The Morgan fingerprint density at radius 1 is 1.19 bits per heavy atom. The van der Waals surface area contributed by atoms with Crippen LogP contribution in [0.4, 0.5) is 5.69 Å². The maximum atomic E-state index is 12.7. The lowest BCUT2D eigenvalue weighted by atomic mass is 10.0. The van der Waals surface area contributed by atoms with Crippen LogP contribution >= 0.6 is 0 Å². The molecule has 9 heteroatoms. The maximum Gasteiger partial charge on any atom is 0.281 e. The highest BCUT2D eigenvalue weighted by atomic mass is 32.2. The van der Waals surface area contributed by atoms with Crippen LogP contribution in [0.2, 0.25) is 0 Å². The van der Waals surface area contributed by atoms with Crippen molar-refractivity contribution in [2.24, 2.45) is 0 Å². The van der Waals surface area contributed by atoms with Gasteiger partial charge in [-0.1, -0.05) is 49.7 Å². The number of sulfonamides is 1. The zero-order valence-corrected chi connectivity index (χ0v) is 19.3. The molecule has 0 radical (unpaired) electrons. The number of anilines is 1.